The molecule has 4 heteroatoms. The molecule has 0 bridgehead atoms. The Labute approximate surface area is 118 Å². The van der Waals surface area contributed by atoms with Crippen molar-refractivity contribution in [2.75, 3.05) is 17.3 Å². The number of alkyl halides is 1. The van der Waals surface area contributed by atoms with Crippen molar-refractivity contribution < 1.29 is 4.79 Å². The molecule has 0 saturated carbocycles. The molecule has 0 aromatic heterocycles. The molecule has 2 nitrogen and oxygen atoms in total. The zero-order valence-corrected chi connectivity index (χ0v) is 12.0. The van der Waals surface area contributed by atoms with Crippen molar-refractivity contribution in [2.45, 2.75) is 26.2 Å². The van der Waals surface area contributed by atoms with Gasteiger partial charge in [0.2, 0.25) is 5.91 Å². The van der Waals surface area contributed by atoms with Crippen LogP contribution in [0.2, 0.25) is 5.02 Å². The van der Waals surface area contributed by atoms with Gasteiger partial charge in [0.1, 0.15) is 0 Å². The van der Waals surface area contributed by atoms with Crippen LogP contribution >= 0.6 is 23.2 Å². The van der Waals surface area contributed by atoms with Crippen molar-refractivity contribution in [1.29, 1.82) is 0 Å². The number of rotatable bonds is 5. The largest absolute Gasteiger partial charge is 0.312 e. The molecular weight excluding hydrogens is 269 g/mol. The SMILES string of the molecule is CC(CCCl)CCN1C(=O)Cc2ccc(Cl)cc21. The van der Waals surface area contributed by atoms with Gasteiger partial charge in [-0.1, -0.05) is 24.6 Å². The highest BCUT2D eigenvalue weighted by Gasteiger charge is 2.27. The fourth-order valence-electron chi connectivity index (χ4n) is 2.26. The molecule has 0 N–H and O–H groups in total. The summed E-state index contributed by atoms with van der Waals surface area (Å²) in [4.78, 5) is 13.8. The molecule has 18 heavy (non-hydrogen) atoms. The molecule has 1 atom stereocenters. The first-order valence-electron chi connectivity index (χ1n) is 6.26. The van der Waals surface area contributed by atoms with Gasteiger partial charge in [-0.05, 0) is 36.5 Å². The van der Waals surface area contributed by atoms with E-state index >= 15 is 0 Å². The van der Waals surface area contributed by atoms with E-state index in [1.165, 1.54) is 0 Å². The van der Waals surface area contributed by atoms with Crippen molar-refractivity contribution in [3.8, 4) is 0 Å². The smallest absolute Gasteiger partial charge is 0.231 e. The van der Waals surface area contributed by atoms with Gasteiger partial charge in [0.15, 0.2) is 0 Å². The number of anilines is 1. The van der Waals surface area contributed by atoms with Crippen molar-refractivity contribution >= 4 is 34.8 Å². The lowest BCUT2D eigenvalue weighted by Crippen LogP contribution is -2.28. The van der Waals surface area contributed by atoms with E-state index in [0.717, 1.165) is 30.6 Å². The lowest BCUT2D eigenvalue weighted by molar-refractivity contribution is -0.117. The van der Waals surface area contributed by atoms with Crippen LogP contribution in [0.4, 0.5) is 5.69 Å². The van der Waals surface area contributed by atoms with E-state index in [-0.39, 0.29) is 5.91 Å². The normalized spacial score (nSPS) is 15.9. The minimum atomic E-state index is 0.172. The van der Waals surface area contributed by atoms with E-state index < -0.39 is 0 Å². The van der Waals surface area contributed by atoms with Crippen molar-refractivity contribution in [3.05, 3.63) is 28.8 Å². The Morgan fingerprint density at radius 1 is 1.39 bits per heavy atom. The summed E-state index contributed by atoms with van der Waals surface area (Å²) in [6.45, 7) is 2.92. The molecule has 2 rings (SSSR count). The summed E-state index contributed by atoms with van der Waals surface area (Å²) in [6, 6.07) is 5.67. The van der Waals surface area contributed by atoms with Gasteiger partial charge in [-0.3, -0.25) is 4.79 Å². The zero-order valence-electron chi connectivity index (χ0n) is 10.5. The van der Waals surface area contributed by atoms with Crippen LogP contribution in [0, 0.1) is 5.92 Å². The molecule has 0 fully saturated rings. The third-order valence-electron chi connectivity index (χ3n) is 3.43. The molecule has 98 valence electrons. The van der Waals surface area contributed by atoms with Crippen LogP contribution in [0.3, 0.4) is 0 Å². The molecule has 1 aromatic rings. The van der Waals surface area contributed by atoms with Crippen LogP contribution in [0.1, 0.15) is 25.3 Å². The van der Waals surface area contributed by atoms with Gasteiger partial charge in [0.05, 0.1) is 6.42 Å². The molecule has 1 aliphatic rings. The maximum Gasteiger partial charge on any atom is 0.231 e. The van der Waals surface area contributed by atoms with E-state index in [2.05, 4.69) is 6.92 Å². The fraction of sp³-hybridized carbons (Fsp3) is 0.500. The first kappa shape index (κ1) is 13.7. The van der Waals surface area contributed by atoms with E-state index in [4.69, 9.17) is 23.2 Å². The Morgan fingerprint density at radius 2 is 2.17 bits per heavy atom. The molecule has 1 unspecified atom stereocenters. The second-order valence-corrected chi connectivity index (χ2v) is 5.68. The van der Waals surface area contributed by atoms with Crippen molar-refractivity contribution in [1.82, 2.24) is 0 Å². The Bertz CT molecular complexity index is 447. The van der Waals surface area contributed by atoms with Gasteiger partial charge in [0.25, 0.3) is 0 Å². The molecule has 1 aliphatic heterocycles. The summed E-state index contributed by atoms with van der Waals surface area (Å²) in [5, 5.41) is 0.683. The maximum atomic E-state index is 12.0. The molecule has 0 spiro atoms. The van der Waals surface area contributed by atoms with Crippen LogP contribution in [-0.2, 0) is 11.2 Å². The van der Waals surface area contributed by atoms with Crippen molar-refractivity contribution in [2.24, 2.45) is 5.92 Å². The van der Waals surface area contributed by atoms with Gasteiger partial charge in [-0.25, -0.2) is 0 Å². The number of nitrogens with zero attached hydrogens (tertiary/aromatic N) is 1. The average molecular weight is 286 g/mol. The summed E-state index contributed by atoms with van der Waals surface area (Å²) in [6.07, 6.45) is 2.47. The van der Waals surface area contributed by atoms with Crippen LogP contribution < -0.4 is 4.90 Å². The number of hydrogen-bond donors (Lipinski definition) is 0. The zero-order chi connectivity index (χ0) is 13.1. The monoisotopic (exact) mass is 285 g/mol. The summed E-state index contributed by atoms with van der Waals surface area (Å²) in [7, 11) is 0. The summed E-state index contributed by atoms with van der Waals surface area (Å²) >= 11 is 11.7. The van der Waals surface area contributed by atoms with Gasteiger partial charge in [0, 0.05) is 23.1 Å². The Hall–Kier alpha value is -0.730. The Balaban J connectivity index is 2.06. The molecule has 1 heterocycles. The fourth-order valence-corrected chi connectivity index (χ4v) is 2.79. The van der Waals surface area contributed by atoms with Crippen molar-refractivity contribution in [3.63, 3.8) is 0 Å². The van der Waals surface area contributed by atoms with Gasteiger partial charge >= 0.3 is 0 Å². The highest BCUT2D eigenvalue weighted by atomic mass is 35.5. The molecule has 0 saturated heterocycles. The molecule has 0 radical (unpaired) electrons. The van der Waals surface area contributed by atoms with Crippen LogP contribution in [0.15, 0.2) is 18.2 Å². The highest BCUT2D eigenvalue weighted by Crippen LogP contribution is 2.32. The second kappa shape index (κ2) is 5.94. The number of benzene rings is 1. The number of hydrogen-bond acceptors (Lipinski definition) is 1. The molecule has 1 aromatic carbocycles. The van der Waals surface area contributed by atoms with E-state index in [1.807, 2.05) is 23.1 Å². The van der Waals surface area contributed by atoms with E-state index in [1.54, 1.807) is 0 Å². The van der Waals surface area contributed by atoms with E-state index in [9.17, 15) is 4.79 Å². The van der Waals surface area contributed by atoms with Crippen LogP contribution in [0.25, 0.3) is 0 Å². The quantitative estimate of drug-likeness (QED) is 0.752. The number of halogens is 2. The topological polar surface area (TPSA) is 20.3 Å². The second-order valence-electron chi connectivity index (χ2n) is 4.87. The predicted octanol–water partition coefficient (Wildman–Crippen LogP) is 3.88. The minimum absolute atomic E-state index is 0.172. The lowest BCUT2D eigenvalue weighted by Gasteiger charge is -2.19. The first-order chi connectivity index (χ1) is 8.61. The number of amides is 1. The standard InChI is InChI=1S/C14H17Cl2NO/c1-10(4-6-15)5-7-17-13-9-12(16)3-2-11(13)8-14(17)18/h2-3,9-10H,4-8H2,1H3. The average Bonchev–Trinajstić information content (AvgIpc) is 2.62. The molecule has 0 aliphatic carbocycles. The molecule has 1 amide bonds. The number of carbonyl (C=O) groups excluding carboxylic acids is 1. The Kier molecular flexibility index (Phi) is 4.52. The number of fused-ring (bicyclic) bond motifs is 1. The maximum absolute atomic E-state index is 12.0. The minimum Gasteiger partial charge on any atom is -0.312 e. The van der Waals surface area contributed by atoms with E-state index in [0.29, 0.717) is 23.2 Å². The predicted molar refractivity (Wildman–Crippen MR) is 76.6 cm³/mol. The first-order valence-corrected chi connectivity index (χ1v) is 7.18. The molecular formula is C14H17Cl2NO. The number of carbonyl (C=O) groups is 1. The highest BCUT2D eigenvalue weighted by molar-refractivity contribution is 6.31. The summed E-state index contributed by atoms with van der Waals surface area (Å²) in [5.41, 5.74) is 2.06. The van der Waals surface area contributed by atoms with Gasteiger partial charge in [-0.2, -0.15) is 0 Å². The van der Waals surface area contributed by atoms with Crippen LogP contribution in [0.5, 0.6) is 0 Å². The van der Waals surface area contributed by atoms with Gasteiger partial charge in [-0.15, -0.1) is 11.6 Å². The van der Waals surface area contributed by atoms with Gasteiger partial charge < -0.3 is 4.90 Å². The lowest BCUT2D eigenvalue weighted by atomic mass is 10.1. The third-order valence-corrected chi connectivity index (χ3v) is 3.88. The summed E-state index contributed by atoms with van der Waals surface area (Å²) in [5.74, 6) is 1.39. The van der Waals surface area contributed by atoms with Crippen LogP contribution in [-0.4, -0.2) is 18.3 Å². The Morgan fingerprint density at radius 3 is 2.89 bits per heavy atom. The summed E-state index contributed by atoms with van der Waals surface area (Å²) < 4.78 is 0. The third kappa shape index (κ3) is 2.99.